The normalized spacial score (nSPS) is 10.0. The molecule has 1 aromatic carbocycles. The quantitative estimate of drug-likeness (QED) is 0.491. The highest BCUT2D eigenvalue weighted by Gasteiger charge is 1.95. The largest absolute Gasteiger partial charge is 0.461 e. The van der Waals surface area contributed by atoms with Crippen molar-refractivity contribution < 1.29 is 9.53 Å². The number of rotatable bonds is 6. The molecule has 0 atom stereocenters. The van der Waals surface area contributed by atoms with Gasteiger partial charge in [-0.2, -0.15) is 0 Å². The average Bonchev–Trinajstić information content (AvgIpc) is 2.44. The number of esters is 1. The Balaban J connectivity index is 0.00000110. The molecule has 0 saturated carbocycles. The smallest absolute Gasteiger partial charge is 0.330 e. The van der Waals surface area contributed by atoms with E-state index in [1.807, 2.05) is 38.1 Å². The van der Waals surface area contributed by atoms with Crippen LogP contribution in [0.4, 0.5) is 0 Å². The van der Waals surface area contributed by atoms with E-state index < -0.39 is 0 Å². The van der Waals surface area contributed by atoms with Gasteiger partial charge >= 0.3 is 5.97 Å². The fourth-order valence-corrected chi connectivity index (χ4v) is 1.29. The molecule has 1 aromatic rings. The van der Waals surface area contributed by atoms with Crippen molar-refractivity contribution in [1.82, 2.24) is 5.32 Å². The Bertz CT molecular complexity index is 382. The molecule has 0 aliphatic rings. The van der Waals surface area contributed by atoms with E-state index in [2.05, 4.69) is 19.2 Å². The van der Waals surface area contributed by atoms with E-state index in [9.17, 15) is 4.79 Å². The number of nitrogens with one attached hydrogen (secondary N) is 1. The number of benzene rings is 1. The molecule has 0 spiro atoms. The maximum Gasteiger partial charge on any atom is 0.330 e. The van der Waals surface area contributed by atoms with Gasteiger partial charge in [-0.05, 0) is 25.1 Å². The van der Waals surface area contributed by atoms with E-state index in [1.165, 1.54) is 18.1 Å². The molecule has 112 valence electrons. The molecule has 3 nitrogen and oxygen atoms in total. The fraction of sp³-hybridized carbons (Fsp3) is 0.471. The summed E-state index contributed by atoms with van der Waals surface area (Å²) in [7, 11) is 0. The van der Waals surface area contributed by atoms with E-state index in [0.717, 1.165) is 12.1 Å². The molecule has 1 rings (SSSR count). The highest BCUT2D eigenvalue weighted by atomic mass is 16.5. The van der Waals surface area contributed by atoms with Gasteiger partial charge in [0.15, 0.2) is 0 Å². The van der Waals surface area contributed by atoms with E-state index in [-0.39, 0.29) is 5.97 Å². The first-order valence-electron chi connectivity index (χ1n) is 7.26. The number of likely N-dealkylation sites (N-methyl/N-ethyl adjacent to an activating group) is 1. The van der Waals surface area contributed by atoms with Gasteiger partial charge in [0.2, 0.25) is 0 Å². The number of hydrogen-bond donors (Lipinski definition) is 1. The maximum absolute atomic E-state index is 11.3. The molecule has 0 radical (unpaired) electrons. The number of aryl methyl sites for hydroxylation is 1. The minimum atomic E-state index is -0.302. The van der Waals surface area contributed by atoms with Crippen molar-refractivity contribution in [2.75, 3.05) is 19.7 Å². The van der Waals surface area contributed by atoms with Gasteiger partial charge in [-0.1, -0.05) is 57.0 Å². The third kappa shape index (κ3) is 10.3. The lowest BCUT2D eigenvalue weighted by Gasteiger charge is -2.01. The second-order valence-corrected chi connectivity index (χ2v) is 4.47. The second-order valence-electron chi connectivity index (χ2n) is 4.47. The third-order valence-corrected chi connectivity index (χ3v) is 2.26. The van der Waals surface area contributed by atoms with Gasteiger partial charge in [-0.3, -0.25) is 0 Å². The predicted octanol–water partition coefficient (Wildman–Crippen LogP) is 3.58. The number of ether oxygens (including phenoxy) is 1. The molecule has 0 aliphatic carbocycles. The van der Waals surface area contributed by atoms with Crippen LogP contribution in [0.2, 0.25) is 0 Å². The molecule has 0 bridgehead atoms. The van der Waals surface area contributed by atoms with Crippen LogP contribution >= 0.6 is 0 Å². The summed E-state index contributed by atoms with van der Waals surface area (Å²) in [5.74, 6) is -0.302. The highest BCUT2D eigenvalue weighted by molar-refractivity contribution is 5.87. The monoisotopic (exact) mass is 277 g/mol. The second kappa shape index (κ2) is 12.4. The summed E-state index contributed by atoms with van der Waals surface area (Å²) in [5.41, 5.74) is 2.20. The molecular formula is C17H27NO2. The summed E-state index contributed by atoms with van der Waals surface area (Å²) in [6.07, 6.45) is 4.46. The molecule has 1 N–H and O–H groups in total. The van der Waals surface area contributed by atoms with Crippen LogP contribution in [0, 0.1) is 6.92 Å². The number of carbonyl (C=O) groups excluding carboxylic acids is 1. The lowest BCUT2D eigenvalue weighted by Crippen LogP contribution is -2.20. The lowest BCUT2D eigenvalue weighted by atomic mass is 10.1. The zero-order valence-corrected chi connectivity index (χ0v) is 13.1. The molecule has 0 amide bonds. The summed E-state index contributed by atoms with van der Waals surface area (Å²) in [6, 6.07) is 7.96. The van der Waals surface area contributed by atoms with E-state index in [1.54, 1.807) is 6.08 Å². The van der Waals surface area contributed by atoms with Gasteiger partial charge in [0.05, 0.1) is 0 Å². The molecule has 3 heteroatoms. The number of carbonyl (C=O) groups is 1. The minimum Gasteiger partial charge on any atom is -0.461 e. The molecule has 0 aliphatic heterocycles. The fourth-order valence-electron chi connectivity index (χ4n) is 1.29. The zero-order chi connectivity index (χ0) is 15.2. The molecule has 0 fully saturated rings. The zero-order valence-electron chi connectivity index (χ0n) is 13.1. The molecule has 20 heavy (non-hydrogen) atoms. The SMILES string of the molecule is CCC.CCNCCOC(=O)/C=C/c1ccc(C)cc1. The molecule has 0 saturated heterocycles. The van der Waals surface area contributed by atoms with E-state index in [4.69, 9.17) is 4.74 Å². The van der Waals surface area contributed by atoms with Crippen LogP contribution in [0.15, 0.2) is 30.3 Å². The van der Waals surface area contributed by atoms with Crippen LogP contribution < -0.4 is 5.32 Å². The Morgan fingerprint density at radius 1 is 1.20 bits per heavy atom. The van der Waals surface area contributed by atoms with Crippen LogP contribution in [0.3, 0.4) is 0 Å². The van der Waals surface area contributed by atoms with Gasteiger partial charge in [-0.15, -0.1) is 0 Å². The van der Waals surface area contributed by atoms with Crippen LogP contribution in [-0.4, -0.2) is 25.7 Å². The van der Waals surface area contributed by atoms with Crippen LogP contribution in [-0.2, 0) is 9.53 Å². The van der Waals surface area contributed by atoms with Crippen LogP contribution in [0.1, 0.15) is 38.3 Å². The lowest BCUT2D eigenvalue weighted by molar-refractivity contribution is -0.137. The third-order valence-electron chi connectivity index (χ3n) is 2.26. The summed E-state index contributed by atoms with van der Waals surface area (Å²) < 4.78 is 5.00. The van der Waals surface area contributed by atoms with Crippen molar-refractivity contribution in [3.05, 3.63) is 41.5 Å². The Kier molecular flexibility index (Phi) is 11.4. The van der Waals surface area contributed by atoms with Gasteiger partial charge in [-0.25, -0.2) is 4.79 Å². The topological polar surface area (TPSA) is 38.3 Å². The molecule has 0 heterocycles. The van der Waals surface area contributed by atoms with E-state index >= 15 is 0 Å². The maximum atomic E-state index is 11.3. The predicted molar refractivity (Wildman–Crippen MR) is 85.7 cm³/mol. The van der Waals surface area contributed by atoms with E-state index in [0.29, 0.717) is 13.2 Å². The van der Waals surface area contributed by atoms with Crippen molar-refractivity contribution >= 4 is 12.0 Å². The first-order chi connectivity index (χ1) is 9.63. The summed E-state index contributed by atoms with van der Waals surface area (Å²) >= 11 is 0. The van der Waals surface area contributed by atoms with Gasteiger partial charge in [0.1, 0.15) is 6.61 Å². The standard InChI is InChI=1S/C14H19NO2.C3H8/c1-3-15-10-11-17-14(16)9-8-13-6-4-12(2)5-7-13;1-3-2/h4-9,15H,3,10-11H2,1-2H3;3H2,1-2H3/b9-8+;. The van der Waals surface area contributed by atoms with Gasteiger partial charge < -0.3 is 10.1 Å². The van der Waals surface area contributed by atoms with Crippen molar-refractivity contribution in [3.63, 3.8) is 0 Å². The Morgan fingerprint density at radius 3 is 2.35 bits per heavy atom. The summed E-state index contributed by atoms with van der Waals surface area (Å²) in [5, 5.41) is 3.08. The minimum absolute atomic E-state index is 0.302. The van der Waals surface area contributed by atoms with Crippen molar-refractivity contribution in [1.29, 1.82) is 0 Å². The molecule has 0 aromatic heterocycles. The Hall–Kier alpha value is -1.61. The molecule has 0 unspecified atom stereocenters. The van der Waals surface area contributed by atoms with Gasteiger partial charge in [0.25, 0.3) is 0 Å². The first-order valence-corrected chi connectivity index (χ1v) is 7.26. The van der Waals surface area contributed by atoms with Crippen LogP contribution in [0.5, 0.6) is 0 Å². The number of hydrogen-bond acceptors (Lipinski definition) is 3. The van der Waals surface area contributed by atoms with Crippen molar-refractivity contribution in [2.24, 2.45) is 0 Å². The summed E-state index contributed by atoms with van der Waals surface area (Å²) in [6.45, 7) is 10.3. The first kappa shape index (κ1) is 18.4. The Morgan fingerprint density at radius 2 is 1.80 bits per heavy atom. The van der Waals surface area contributed by atoms with Gasteiger partial charge in [0, 0.05) is 12.6 Å². The molecular weight excluding hydrogens is 250 g/mol. The van der Waals surface area contributed by atoms with Crippen molar-refractivity contribution in [3.8, 4) is 0 Å². The highest BCUT2D eigenvalue weighted by Crippen LogP contribution is 2.04. The summed E-state index contributed by atoms with van der Waals surface area (Å²) in [4.78, 5) is 11.3. The van der Waals surface area contributed by atoms with Crippen molar-refractivity contribution in [2.45, 2.75) is 34.1 Å². The Labute approximate surface area is 123 Å². The van der Waals surface area contributed by atoms with Crippen LogP contribution in [0.25, 0.3) is 6.08 Å². The average molecular weight is 277 g/mol.